The Morgan fingerprint density at radius 1 is 0.800 bits per heavy atom. The molecule has 1 saturated heterocycles. The van der Waals surface area contributed by atoms with Gasteiger partial charge in [-0.15, -0.1) is 0 Å². The normalized spacial score (nSPS) is 21.5. The van der Waals surface area contributed by atoms with E-state index in [1.54, 1.807) is 0 Å². The summed E-state index contributed by atoms with van der Waals surface area (Å²) in [5, 5.41) is 0. The maximum Gasteiger partial charge on any atom is 0.313 e. The number of esters is 1. The van der Waals surface area contributed by atoms with Crippen LogP contribution in [0.5, 0.6) is 0 Å². The summed E-state index contributed by atoms with van der Waals surface area (Å²) in [6.07, 6.45) is 3.56. The average molecular weight is 212 g/mol. The zero-order chi connectivity index (χ0) is 11.1. The number of ether oxygens (including phenoxy) is 1. The summed E-state index contributed by atoms with van der Waals surface area (Å²) >= 11 is 0. The predicted molar refractivity (Wildman–Crippen MR) is 53.3 cm³/mol. The molecule has 1 fully saturated rings. The van der Waals surface area contributed by atoms with Crippen LogP contribution in [0.2, 0.25) is 0 Å². The van der Waals surface area contributed by atoms with Crippen molar-refractivity contribution in [2.75, 3.05) is 6.61 Å². The van der Waals surface area contributed by atoms with Crippen LogP contribution in [0.15, 0.2) is 0 Å². The van der Waals surface area contributed by atoms with Gasteiger partial charge in [-0.3, -0.25) is 14.4 Å². The van der Waals surface area contributed by atoms with Gasteiger partial charge in [-0.25, -0.2) is 0 Å². The highest BCUT2D eigenvalue weighted by molar-refractivity contribution is 5.95. The lowest BCUT2D eigenvalue weighted by atomic mass is 10.1. The third-order valence-electron chi connectivity index (χ3n) is 2.40. The molecule has 0 spiro atoms. The maximum absolute atomic E-state index is 11.2. The molecule has 0 aliphatic carbocycles. The van der Waals surface area contributed by atoms with Gasteiger partial charge in [0.2, 0.25) is 0 Å². The van der Waals surface area contributed by atoms with Crippen molar-refractivity contribution in [3.63, 3.8) is 0 Å². The summed E-state index contributed by atoms with van der Waals surface area (Å²) in [4.78, 5) is 33.5. The molecule has 0 atom stereocenters. The number of hydrogen-bond donors (Lipinski definition) is 0. The van der Waals surface area contributed by atoms with Crippen molar-refractivity contribution in [2.24, 2.45) is 0 Å². The summed E-state index contributed by atoms with van der Waals surface area (Å²) in [6.45, 7) is 0.116. The van der Waals surface area contributed by atoms with Crippen molar-refractivity contribution < 1.29 is 19.1 Å². The Bertz CT molecular complexity index is 257. The highest BCUT2D eigenvalue weighted by Gasteiger charge is 2.12. The van der Waals surface area contributed by atoms with Crippen LogP contribution in [-0.4, -0.2) is 24.1 Å². The summed E-state index contributed by atoms with van der Waals surface area (Å²) in [7, 11) is 0. The number of Topliss-reactive ketones (excluding diaryl/α,β-unsaturated/α-hetero) is 2. The van der Waals surface area contributed by atoms with Gasteiger partial charge in [0.05, 0.1) is 6.61 Å². The Morgan fingerprint density at radius 3 is 2.20 bits per heavy atom. The van der Waals surface area contributed by atoms with E-state index in [4.69, 9.17) is 4.74 Å². The first-order chi connectivity index (χ1) is 7.18. The van der Waals surface area contributed by atoms with Crippen molar-refractivity contribution in [1.82, 2.24) is 0 Å². The van der Waals surface area contributed by atoms with Gasteiger partial charge in [0.25, 0.3) is 0 Å². The Morgan fingerprint density at radius 2 is 1.47 bits per heavy atom. The standard InChI is InChI=1S/C11H16O4/c12-9-4-2-1-3-5-10(13)8-11(14)15-7-6-9/h1-8H2. The molecule has 0 radical (unpaired) electrons. The van der Waals surface area contributed by atoms with Crippen LogP contribution in [0, 0.1) is 0 Å². The van der Waals surface area contributed by atoms with Gasteiger partial charge in [0.1, 0.15) is 18.0 Å². The van der Waals surface area contributed by atoms with E-state index in [2.05, 4.69) is 0 Å². The lowest BCUT2D eigenvalue weighted by Gasteiger charge is -2.06. The third-order valence-corrected chi connectivity index (χ3v) is 2.40. The molecular weight excluding hydrogens is 196 g/mol. The Kier molecular flexibility index (Phi) is 5.01. The van der Waals surface area contributed by atoms with E-state index in [1.165, 1.54) is 0 Å². The van der Waals surface area contributed by atoms with Gasteiger partial charge in [-0.05, 0) is 12.8 Å². The highest BCUT2D eigenvalue weighted by atomic mass is 16.5. The summed E-state index contributed by atoms with van der Waals surface area (Å²) < 4.78 is 4.77. The largest absolute Gasteiger partial charge is 0.465 e. The fourth-order valence-corrected chi connectivity index (χ4v) is 1.53. The van der Waals surface area contributed by atoms with Crippen molar-refractivity contribution in [3.05, 3.63) is 0 Å². The highest BCUT2D eigenvalue weighted by Crippen LogP contribution is 2.08. The van der Waals surface area contributed by atoms with Crippen LogP contribution >= 0.6 is 0 Å². The second-order valence-corrected chi connectivity index (χ2v) is 3.79. The molecule has 4 nitrogen and oxygen atoms in total. The Labute approximate surface area is 89.0 Å². The Balaban J connectivity index is 2.40. The monoisotopic (exact) mass is 212 g/mol. The minimum absolute atomic E-state index is 0.0631. The van der Waals surface area contributed by atoms with Gasteiger partial charge in [-0.1, -0.05) is 6.42 Å². The number of carbonyl (C=O) groups excluding carboxylic acids is 3. The molecule has 0 bridgehead atoms. The van der Waals surface area contributed by atoms with Gasteiger partial charge < -0.3 is 4.74 Å². The number of ketones is 2. The SMILES string of the molecule is O=C1CCCCCC(=O)CC(=O)OCC1. The van der Waals surface area contributed by atoms with Gasteiger partial charge in [-0.2, -0.15) is 0 Å². The molecule has 4 heteroatoms. The molecule has 1 rings (SSSR count). The first-order valence-corrected chi connectivity index (χ1v) is 5.37. The van der Waals surface area contributed by atoms with E-state index in [-0.39, 0.29) is 31.0 Å². The molecule has 15 heavy (non-hydrogen) atoms. The van der Waals surface area contributed by atoms with Crippen LogP contribution < -0.4 is 0 Å². The Hall–Kier alpha value is -1.19. The lowest BCUT2D eigenvalue weighted by molar-refractivity contribution is -0.146. The average Bonchev–Trinajstić information content (AvgIpc) is 2.15. The summed E-state index contributed by atoms with van der Waals surface area (Å²) in [5.74, 6) is -0.435. The topological polar surface area (TPSA) is 60.4 Å². The summed E-state index contributed by atoms with van der Waals surface area (Å²) in [5.41, 5.74) is 0. The number of carbonyl (C=O) groups is 3. The maximum atomic E-state index is 11.2. The molecule has 1 heterocycles. The third kappa shape index (κ3) is 5.30. The first-order valence-electron chi connectivity index (χ1n) is 5.37. The fraction of sp³-hybridized carbons (Fsp3) is 0.727. The van der Waals surface area contributed by atoms with Crippen LogP contribution in [0.4, 0.5) is 0 Å². The van der Waals surface area contributed by atoms with Crippen molar-refractivity contribution in [3.8, 4) is 0 Å². The molecule has 0 saturated carbocycles. The first kappa shape index (κ1) is 11.9. The van der Waals surface area contributed by atoms with Crippen molar-refractivity contribution in [1.29, 1.82) is 0 Å². The zero-order valence-electron chi connectivity index (χ0n) is 8.79. The van der Waals surface area contributed by atoms with Crippen LogP contribution in [0.1, 0.15) is 44.9 Å². The molecule has 0 aromatic heterocycles. The van der Waals surface area contributed by atoms with E-state index < -0.39 is 5.97 Å². The summed E-state index contributed by atoms with van der Waals surface area (Å²) in [6, 6.07) is 0. The van der Waals surface area contributed by atoms with E-state index >= 15 is 0 Å². The van der Waals surface area contributed by atoms with Gasteiger partial charge >= 0.3 is 5.97 Å². The quantitative estimate of drug-likeness (QED) is 0.450. The van der Waals surface area contributed by atoms with Crippen LogP contribution in [-0.2, 0) is 19.1 Å². The second kappa shape index (κ2) is 6.32. The molecule has 0 amide bonds. The minimum atomic E-state index is -0.506. The number of cyclic esters (lactones) is 1. The molecule has 0 N–H and O–H groups in total. The van der Waals surface area contributed by atoms with E-state index in [0.717, 1.165) is 19.3 Å². The lowest BCUT2D eigenvalue weighted by Crippen LogP contribution is -2.14. The van der Waals surface area contributed by atoms with Crippen molar-refractivity contribution in [2.45, 2.75) is 44.9 Å². The molecule has 0 aromatic rings. The van der Waals surface area contributed by atoms with E-state index in [9.17, 15) is 14.4 Å². The minimum Gasteiger partial charge on any atom is -0.465 e. The molecule has 1 aliphatic heterocycles. The molecule has 84 valence electrons. The van der Waals surface area contributed by atoms with E-state index in [1.807, 2.05) is 0 Å². The van der Waals surface area contributed by atoms with Crippen LogP contribution in [0.25, 0.3) is 0 Å². The second-order valence-electron chi connectivity index (χ2n) is 3.79. The fourth-order valence-electron chi connectivity index (χ4n) is 1.53. The van der Waals surface area contributed by atoms with Gasteiger partial charge in [0.15, 0.2) is 0 Å². The smallest absolute Gasteiger partial charge is 0.313 e. The van der Waals surface area contributed by atoms with Gasteiger partial charge in [0, 0.05) is 19.3 Å². The molecular formula is C11H16O4. The molecule has 0 unspecified atom stereocenters. The molecule has 1 aliphatic rings. The zero-order valence-corrected chi connectivity index (χ0v) is 8.79. The number of rotatable bonds is 0. The molecule has 0 aromatic carbocycles. The van der Waals surface area contributed by atoms with E-state index in [0.29, 0.717) is 12.8 Å². The van der Waals surface area contributed by atoms with Crippen LogP contribution in [0.3, 0.4) is 0 Å². The predicted octanol–water partition coefficient (Wildman–Crippen LogP) is 1.41. The number of hydrogen-bond acceptors (Lipinski definition) is 4. The van der Waals surface area contributed by atoms with Crippen molar-refractivity contribution >= 4 is 17.5 Å².